The zero-order chi connectivity index (χ0) is 14.8. The van der Waals surface area contributed by atoms with Crippen LogP contribution in [0.4, 0.5) is 5.69 Å². The van der Waals surface area contributed by atoms with Crippen LogP contribution in [-0.2, 0) is 6.54 Å². The highest BCUT2D eigenvalue weighted by Gasteiger charge is 2.34. The maximum absolute atomic E-state index is 10.5. The number of nitrogens with one attached hydrogen (secondary N) is 1. The molecule has 1 aromatic heterocycles. The first-order valence-electron chi connectivity index (χ1n) is 6.97. The normalized spacial score (nSPS) is 22.9. The summed E-state index contributed by atoms with van der Waals surface area (Å²) in [6.45, 7) is 5.21. The van der Waals surface area contributed by atoms with E-state index in [4.69, 9.17) is 0 Å². The number of rotatable bonds is 6. The van der Waals surface area contributed by atoms with Crippen molar-refractivity contribution in [1.82, 2.24) is 15.1 Å². The van der Waals surface area contributed by atoms with Gasteiger partial charge in [-0.1, -0.05) is 20.3 Å². The number of hydrogen-bond acceptors (Lipinski definition) is 5. The van der Waals surface area contributed by atoms with E-state index in [1.807, 2.05) is 0 Å². The number of nitrogens with zero attached hydrogens (tertiary/aromatic N) is 3. The van der Waals surface area contributed by atoms with Gasteiger partial charge in [-0.3, -0.25) is 14.8 Å². The van der Waals surface area contributed by atoms with Crippen LogP contribution in [0.25, 0.3) is 0 Å². The molecule has 0 spiro atoms. The predicted molar refractivity (Wildman–Crippen MR) is 74.3 cm³/mol. The van der Waals surface area contributed by atoms with E-state index < -0.39 is 11.0 Å². The minimum absolute atomic E-state index is 0.0536. The Hall–Kier alpha value is -1.47. The quantitative estimate of drug-likeness (QED) is 0.606. The Labute approximate surface area is 118 Å². The second-order valence-corrected chi connectivity index (χ2v) is 6.17. The molecule has 0 radical (unpaired) electrons. The smallest absolute Gasteiger partial charge is 0.306 e. The Morgan fingerprint density at radius 2 is 2.45 bits per heavy atom. The van der Waals surface area contributed by atoms with Crippen LogP contribution >= 0.6 is 0 Å². The predicted octanol–water partition coefficient (Wildman–Crippen LogP) is 1.32. The highest BCUT2D eigenvalue weighted by Crippen LogP contribution is 2.37. The molecule has 1 heterocycles. The molecule has 112 valence electrons. The molecule has 1 saturated carbocycles. The van der Waals surface area contributed by atoms with Crippen molar-refractivity contribution < 1.29 is 10.0 Å². The van der Waals surface area contributed by atoms with Gasteiger partial charge in [-0.15, -0.1) is 0 Å². The number of nitro groups is 1. The fourth-order valence-electron chi connectivity index (χ4n) is 2.81. The number of hydrogen-bond donors (Lipinski definition) is 2. The first kappa shape index (κ1) is 14.9. The first-order chi connectivity index (χ1) is 9.38. The molecule has 0 aromatic carbocycles. The summed E-state index contributed by atoms with van der Waals surface area (Å²) in [5.41, 5.74) is 0.214. The molecular weight excluding hydrogens is 260 g/mol. The molecule has 1 aromatic rings. The summed E-state index contributed by atoms with van der Waals surface area (Å²) in [5, 5.41) is 27.8. The van der Waals surface area contributed by atoms with Crippen LogP contribution in [0.2, 0.25) is 0 Å². The molecule has 2 unspecified atom stereocenters. The molecule has 0 aliphatic heterocycles. The zero-order valence-electron chi connectivity index (χ0n) is 12.0. The van der Waals surface area contributed by atoms with Crippen LogP contribution in [0, 0.1) is 15.5 Å². The summed E-state index contributed by atoms with van der Waals surface area (Å²) in [5.74, 6) is 0. The lowest BCUT2D eigenvalue weighted by molar-refractivity contribution is -0.385. The molecular formula is C13H22N4O3. The van der Waals surface area contributed by atoms with E-state index in [1.165, 1.54) is 29.9 Å². The van der Waals surface area contributed by atoms with Crippen LogP contribution in [0.1, 0.15) is 33.1 Å². The minimum Gasteiger partial charge on any atom is -0.390 e. The Morgan fingerprint density at radius 1 is 1.70 bits per heavy atom. The van der Waals surface area contributed by atoms with E-state index in [2.05, 4.69) is 24.3 Å². The van der Waals surface area contributed by atoms with Crippen molar-refractivity contribution >= 4 is 5.69 Å². The maximum atomic E-state index is 10.5. The Kier molecular flexibility index (Phi) is 4.39. The fourth-order valence-corrected chi connectivity index (χ4v) is 2.81. The molecule has 0 amide bonds. The fraction of sp³-hybridized carbons (Fsp3) is 0.769. The summed E-state index contributed by atoms with van der Waals surface area (Å²) >= 11 is 0. The van der Waals surface area contributed by atoms with Crippen molar-refractivity contribution in [3.8, 4) is 0 Å². The third-order valence-corrected chi connectivity index (χ3v) is 4.09. The Balaban J connectivity index is 1.80. The third kappa shape index (κ3) is 3.55. The molecule has 7 nitrogen and oxygen atoms in total. The Bertz CT molecular complexity index is 472. The summed E-state index contributed by atoms with van der Waals surface area (Å²) in [4.78, 5) is 10.1. The molecule has 2 rings (SSSR count). The van der Waals surface area contributed by atoms with Crippen molar-refractivity contribution in [3.05, 3.63) is 22.5 Å². The highest BCUT2D eigenvalue weighted by atomic mass is 16.6. The molecule has 20 heavy (non-hydrogen) atoms. The molecule has 0 saturated heterocycles. The van der Waals surface area contributed by atoms with Crippen molar-refractivity contribution in [2.45, 2.75) is 51.8 Å². The zero-order valence-corrected chi connectivity index (χ0v) is 12.0. The highest BCUT2D eigenvalue weighted by molar-refractivity contribution is 5.20. The average Bonchev–Trinajstić information content (AvgIpc) is 2.93. The number of aromatic nitrogens is 2. The van der Waals surface area contributed by atoms with Gasteiger partial charge in [-0.2, -0.15) is 5.10 Å². The molecule has 2 atom stereocenters. The first-order valence-corrected chi connectivity index (χ1v) is 6.97. The average molecular weight is 282 g/mol. The summed E-state index contributed by atoms with van der Waals surface area (Å²) < 4.78 is 1.41. The monoisotopic (exact) mass is 282 g/mol. The molecule has 2 N–H and O–H groups in total. The lowest BCUT2D eigenvalue weighted by Crippen LogP contribution is -2.42. The summed E-state index contributed by atoms with van der Waals surface area (Å²) in [6.07, 6.45) is 5.47. The van der Waals surface area contributed by atoms with E-state index in [1.54, 1.807) is 0 Å². The van der Waals surface area contributed by atoms with Gasteiger partial charge >= 0.3 is 5.69 Å². The van der Waals surface area contributed by atoms with Gasteiger partial charge in [0.1, 0.15) is 12.4 Å². The number of aliphatic hydroxyl groups excluding tert-OH is 1. The summed E-state index contributed by atoms with van der Waals surface area (Å²) in [6, 6.07) is 0.420. The second-order valence-electron chi connectivity index (χ2n) is 6.17. The van der Waals surface area contributed by atoms with Crippen LogP contribution in [0.15, 0.2) is 12.4 Å². The molecule has 1 fully saturated rings. The van der Waals surface area contributed by atoms with Crippen LogP contribution in [0.3, 0.4) is 0 Å². The topological polar surface area (TPSA) is 93.2 Å². The van der Waals surface area contributed by atoms with Gasteiger partial charge in [0.05, 0.1) is 17.6 Å². The largest absolute Gasteiger partial charge is 0.390 e. The molecule has 1 aliphatic rings. The minimum atomic E-state index is -0.606. The van der Waals surface area contributed by atoms with Crippen LogP contribution in [-0.4, -0.2) is 38.5 Å². The van der Waals surface area contributed by atoms with Crippen LogP contribution < -0.4 is 5.32 Å². The van der Waals surface area contributed by atoms with Crippen molar-refractivity contribution in [3.63, 3.8) is 0 Å². The van der Waals surface area contributed by atoms with E-state index in [0.29, 0.717) is 12.6 Å². The third-order valence-electron chi connectivity index (χ3n) is 4.09. The van der Waals surface area contributed by atoms with Gasteiger partial charge in [-0.05, 0) is 18.3 Å². The van der Waals surface area contributed by atoms with E-state index in [-0.39, 0.29) is 17.6 Å². The number of aliphatic hydroxyl groups is 1. The maximum Gasteiger partial charge on any atom is 0.306 e. The van der Waals surface area contributed by atoms with E-state index >= 15 is 0 Å². The van der Waals surface area contributed by atoms with E-state index in [9.17, 15) is 15.2 Å². The van der Waals surface area contributed by atoms with Gasteiger partial charge < -0.3 is 10.4 Å². The Morgan fingerprint density at radius 3 is 3.00 bits per heavy atom. The van der Waals surface area contributed by atoms with Gasteiger partial charge in [0.2, 0.25) is 0 Å². The molecule has 0 bridgehead atoms. The lowest BCUT2D eigenvalue weighted by Gasteiger charge is -2.28. The lowest BCUT2D eigenvalue weighted by atomic mass is 9.87. The van der Waals surface area contributed by atoms with Crippen LogP contribution in [0.5, 0.6) is 0 Å². The summed E-state index contributed by atoms with van der Waals surface area (Å²) in [7, 11) is 0. The SMILES string of the molecule is CC1(C)CCCC1NCC(O)Cn1cc([N+](=O)[O-])cn1. The van der Waals surface area contributed by atoms with Gasteiger partial charge in [0.15, 0.2) is 0 Å². The second kappa shape index (κ2) is 5.88. The van der Waals surface area contributed by atoms with Gasteiger partial charge in [0, 0.05) is 12.6 Å². The molecule has 7 heteroatoms. The molecule has 1 aliphatic carbocycles. The van der Waals surface area contributed by atoms with E-state index in [0.717, 1.165) is 6.42 Å². The van der Waals surface area contributed by atoms with Crippen molar-refractivity contribution in [1.29, 1.82) is 0 Å². The standard InChI is InChI=1S/C13H22N4O3/c1-13(2)5-3-4-12(13)14-7-11(18)9-16-8-10(6-15-16)17(19)20/h6,8,11-12,14,18H,3-5,7,9H2,1-2H3. The van der Waals surface area contributed by atoms with Crippen molar-refractivity contribution in [2.24, 2.45) is 5.41 Å². The van der Waals surface area contributed by atoms with Crippen molar-refractivity contribution in [2.75, 3.05) is 6.54 Å². The van der Waals surface area contributed by atoms with Gasteiger partial charge in [-0.25, -0.2) is 0 Å². The van der Waals surface area contributed by atoms with Gasteiger partial charge in [0.25, 0.3) is 0 Å².